The number of carbonyl (C=O) groups excluding carboxylic acids is 1. The van der Waals surface area contributed by atoms with Crippen LogP contribution in [0.15, 0.2) is 42.5 Å². The van der Waals surface area contributed by atoms with E-state index in [1.165, 1.54) is 5.56 Å². The van der Waals surface area contributed by atoms with Gasteiger partial charge in [-0.3, -0.25) is 4.79 Å². The molecule has 1 amide bonds. The number of benzene rings is 2. The normalized spacial score (nSPS) is 18.9. The number of likely N-dealkylation sites (tertiary alicyclic amines) is 1. The lowest BCUT2D eigenvalue weighted by Gasteiger charge is -2.21. The average molecular weight is 339 g/mol. The number of ether oxygens (including phenoxy) is 3. The Balaban J connectivity index is 1.46. The van der Waals surface area contributed by atoms with Gasteiger partial charge in [-0.25, -0.2) is 0 Å². The van der Waals surface area contributed by atoms with E-state index in [1.54, 1.807) is 13.2 Å². The minimum Gasteiger partial charge on any atom is -0.497 e. The second-order valence-electron chi connectivity index (χ2n) is 6.37. The highest BCUT2D eigenvalue weighted by Crippen LogP contribution is 2.33. The van der Waals surface area contributed by atoms with Gasteiger partial charge in [-0.05, 0) is 42.3 Å². The van der Waals surface area contributed by atoms with Crippen molar-refractivity contribution in [3.63, 3.8) is 0 Å². The highest BCUT2D eigenvalue weighted by molar-refractivity contribution is 5.95. The number of carbonyl (C=O) groups is 1. The first kappa shape index (κ1) is 15.8. The van der Waals surface area contributed by atoms with Crippen LogP contribution in [0.1, 0.15) is 28.3 Å². The molecule has 0 N–H and O–H groups in total. The maximum atomic E-state index is 12.8. The number of fused-ring (bicyclic) bond motifs is 1. The van der Waals surface area contributed by atoms with Gasteiger partial charge in [0.1, 0.15) is 19.0 Å². The lowest BCUT2D eigenvalue weighted by atomic mass is 9.98. The molecule has 2 aliphatic heterocycles. The Bertz CT molecular complexity index is 772. The van der Waals surface area contributed by atoms with Crippen molar-refractivity contribution < 1.29 is 19.0 Å². The van der Waals surface area contributed by atoms with Gasteiger partial charge < -0.3 is 19.1 Å². The predicted octanol–water partition coefficient (Wildman–Crippen LogP) is 3.10. The van der Waals surface area contributed by atoms with Crippen LogP contribution in [-0.4, -0.2) is 44.2 Å². The van der Waals surface area contributed by atoms with Crippen LogP contribution in [0.25, 0.3) is 0 Å². The zero-order valence-electron chi connectivity index (χ0n) is 14.2. The number of hydrogen-bond donors (Lipinski definition) is 0. The summed E-state index contributed by atoms with van der Waals surface area (Å²) in [6.07, 6.45) is 0.975. The van der Waals surface area contributed by atoms with Crippen molar-refractivity contribution in [3.8, 4) is 17.2 Å². The van der Waals surface area contributed by atoms with Crippen LogP contribution in [0.2, 0.25) is 0 Å². The molecule has 0 spiro atoms. The van der Waals surface area contributed by atoms with Crippen LogP contribution in [0.4, 0.5) is 0 Å². The average Bonchev–Trinajstić information content (AvgIpc) is 3.17. The lowest BCUT2D eigenvalue weighted by molar-refractivity contribution is 0.0789. The number of methoxy groups -OCH3 is 1. The second kappa shape index (κ2) is 6.67. The predicted molar refractivity (Wildman–Crippen MR) is 93.7 cm³/mol. The van der Waals surface area contributed by atoms with Crippen LogP contribution >= 0.6 is 0 Å². The van der Waals surface area contributed by atoms with Crippen molar-refractivity contribution in [2.45, 2.75) is 12.3 Å². The molecule has 0 saturated carbocycles. The first-order valence-electron chi connectivity index (χ1n) is 8.57. The molecule has 1 saturated heterocycles. The smallest absolute Gasteiger partial charge is 0.254 e. The molecule has 2 aromatic rings. The van der Waals surface area contributed by atoms with Crippen molar-refractivity contribution in [2.24, 2.45) is 0 Å². The monoisotopic (exact) mass is 339 g/mol. The van der Waals surface area contributed by atoms with Crippen molar-refractivity contribution in [1.82, 2.24) is 4.90 Å². The van der Waals surface area contributed by atoms with Gasteiger partial charge in [0.05, 0.1) is 7.11 Å². The number of nitrogens with zero attached hydrogens (tertiary/aromatic N) is 1. The summed E-state index contributed by atoms with van der Waals surface area (Å²) in [7, 11) is 1.66. The molecule has 5 heteroatoms. The van der Waals surface area contributed by atoms with Crippen molar-refractivity contribution in [1.29, 1.82) is 0 Å². The third-order valence-electron chi connectivity index (χ3n) is 4.85. The molecule has 25 heavy (non-hydrogen) atoms. The Labute approximate surface area is 147 Å². The number of amides is 1. The molecule has 1 fully saturated rings. The fourth-order valence-electron chi connectivity index (χ4n) is 3.45. The first-order chi connectivity index (χ1) is 12.2. The molecule has 1 atom stereocenters. The molecule has 0 aliphatic carbocycles. The summed E-state index contributed by atoms with van der Waals surface area (Å²) in [5.41, 5.74) is 1.90. The SMILES string of the molecule is COc1ccc(C2CCN(C(=O)c3ccc4c(c3)OCCO4)C2)cc1. The van der Waals surface area contributed by atoms with Gasteiger partial charge in [0.25, 0.3) is 5.91 Å². The summed E-state index contributed by atoms with van der Waals surface area (Å²) in [4.78, 5) is 14.7. The Hall–Kier alpha value is -2.69. The summed E-state index contributed by atoms with van der Waals surface area (Å²) < 4.78 is 16.3. The molecule has 130 valence electrons. The van der Waals surface area contributed by atoms with E-state index < -0.39 is 0 Å². The van der Waals surface area contributed by atoms with Crippen LogP contribution in [0.3, 0.4) is 0 Å². The zero-order valence-corrected chi connectivity index (χ0v) is 14.2. The first-order valence-corrected chi connectivity index (χ1v) is 8.57. The molecule has 2 heterocycles. The summed E-state index contributed by atoms with van der Waals surface area (Å²) >= 11 is 0. The third kappa shape index (κ3) is 3.14. The molecule has 0 aromatic heterocycles. The van der Waals surface area contributed by atoms with E-state index in [-0.39, 0.29) is 5.91 Å². The van der Waals surface area contributed by atoms with Gasteiger partial charge in [-0.15, -0.1) is 0 Å². The largest absolute Gasteiger partial charge is 0.497 e. The van der Waals surface area contributed by atoms with E-state index in [0.29, 0.717) is 36.2 Å². The molecule has 2 aliphatic rings. The van der Waals surface area contributed by atoms with Crippen molar-refractivity contribution >= 4 is 5.91 Å². The maximum absolute atomic E-state index is 12.8. The van der Waals surface area contributed by atoms with Gasteiger partial charge >= 0.3 is 0 Å². The van der Waals surface area contributed by atoms with E-state index in [0.717, 1.165) is 25.3 Å². The molecular formula is C20H21NO4. The van der Waals surface area contributed by atoms with Crippen LogP contribution in [0, 0.1) is 0 Å². The quantitative estimate of drug-likeness (QED) is 0.862. The highest BCUT2D eigenvalue weighted by Gasteiger charge is 2.28. The molecule has 5 nitrogen and oxygen atoms in total. The van der Waals surface area contributed by atoms with E-state index >= 15 is 0 Å². The minimum atomic E-state index is 0.0491. The summed E-state index contributed by atoms with van der Waals surface area (Å²) in [5.74, 6) is 2.63. The number of rotatable bonds is 3. The summed E-state index contributed by atoms with van der Waals surface area (Å²) in [6.45, 7) is 2.58. The molecule has 2 aromatic carbocycles. The Morgan fingerprint density at radius 1 is 1.08 bits per heavy atom. The Morgan fingerprint density at radius 2 is 1.84 bits per heavy atom. The van der Waals surface area contributed by atoms with Gasteiger partial charge in [-0.2, -0.15) is 0 Å². The Morgan fingerprint density at radius 3 is 2.60 bits per heavy atom. The Kier molecular flexibility index (Phi) is 4.22. The number of hydrogen-bond acceptors (Lipinski definition) is 4. The molecule has 0 radical (unpaired) electrons. The third-order valence-corrected chi connectivity index (χ3v) is 4.85. The standard InChI is InChI=1S/C20H21NO4/c1-23-17-5-2-14(3-6-17)16-8-9-21(13-16)20(22)15-4-7-18-19(12-15)25-11-10-24-18/h2-7,12,16H,8-11,13H2,1H3. The molecule has 4 rings (SSSR count). The van der Waals surface area contributed by atoms with Gasteiger partial charge in [0, 0.05) is 24.6 Å². The van der Waals surface area contributed by atoms with Gasteiger partial charge in [-0.1, -0.05) is 12.1 Å². The second-order valence-corrected chi connectivity index (χ2v) is 6.37. The van der Waals surface area contributed by atoms with E-state index in [9.17, 15) is 4.79 Å². The van der Waals surface area contributed by atoms with Gasteiger partial charge in [0.2, 0.25) is 0 Å². The molecule has 0 bridgehead atoms. The van der Waals surface area contributed by atoms with Gasteiger partial charge in [0.15, 0.2) is 11.5 Å². The molecule has 1 unspecified atom stereocenters. The summed E-state index contributed by atoms with van der Waals surface area (Å²) in [6, 6.07) is 13.5. The minimum absolute atomic E-state index is 0.0491. The van der Waals surface area contributed by atoms with Crippen LogP contribution < -0.4 is 14.2 Å². The van der Waals surface area contributed by atoms with Crippen LogP contribution in [0.5, 0.6) is 17.2 Å². The molecular weight excluding hydrogens is 318 g/mol. The fourth-order valence-corrected chi connectivity index (χ4v) is 3.45. The zero-order chi connectivity index (χ0) is 17.2. The van der Waals surface area contributed by atoms with E-state index in [4.69, 9.17) is 14.2 Å². The fraction of sp³-hybridized carbons (Fsp3) is 0.350. The lowest BCUT2D eigenvalue weighted by Crippen LogP contribution is -2.28. The van der Waals surface area contributed by atoms with Crippen molar-refractivity contribution in [3.05, 3.63) is 53.6 Å². The van der Waals surface area contributed by atoms with Crippen molar-refractivity contribution in [2.75, 3.05) is 33.4 Å². The van der Waals surface area contributed by atoms with E-state index in [1.807, 2.05) is 29.2 Å². The van der Waals surface area contributed by atoms with E-state index in [2.05, 4.69) is 12.1 Å². The highest BCUT2D eigenvalue weighted by atomic mass is 16.6. The van der Waals surface area contributed by atoms with Crippen LogP contribution in [-0.2, 0) is 0 Å². The summed E-state index contributed by atoms with van der Waals surface area (Å²) in [5, 5.41) is 0. The maximum Gasteiger partial charge on any atom is 0.254 e. The topological polar surface area (TPSA) is 48.0 Å².